The standard InChI is InChI=1S/C18H22N2O4/c1-13-11-15(20-24-13)7-8-19-18(21)4-2-3-14-5-6-16-17(12-14)23-10-9-22-16/h5-6,11-12H,2-4,7-10H2,1H3,(H,19,21). The van der Waals surface area contributed by atoms with E-state index in [1.807, 2.05) is 31.2 Å². The van der Waals surface area contributed by atoms with Crippen molar-refractivity contribution in [2.45, 2.75) is 32.6 Å². The highest BCUT2D eigenvalue weighted by Gasteiger charge is 2.11. The minimum atomic E-state index is 0.0627. The highest BCUT2D eigenvalue weighted by molar-refractivity contribution is 5.75. The number of carbonyl (C=O) groups excluding carboxylic acids is 1. The lowest BCUT2D eigenvalue weighted by molar-refractivity contribution is -0.121. The first-order valence-corrected chi connectivity index (χ1v) is 8.28. The topological polar surface area (TPSA) is 73.6 Å². The van der Waals surface area contributed by atoms with Crippen LogP contribution >= 0.6 is 0 Å². The fourth-order valence-corrected chi connectivity index (χ4v) is 2.65. The van der Waals surface area contributed by atoms with Crippen LogP contribution in [0, 0.1) is 6.92 Å². The molecule has 6 heteroatoms. The van der Waals surface area contributed by atoms with Gasteiger partial charge in [-0.2, -0.15) is 0 Å². The smallest absolute Gasteiger partial charge is 0.220 e. The number of ether oxygens (including phenoxy) is 2. The first-order valence-electron chi connectivity index (χ1n) is 8.28. The van der Waals surface area contributed by atoms with Gasteiger partial charge in [0.1, 0.15) is 19.0 Å². The van der Waals surface area contributed by atoms with Crippen LogP contribution in [0.15, 0.2) is 28.8 Å². The lowest BCUT2D eigenvalue weighted by Gasteiger charge is -2.18. The average Bonchev–Trinajstić information content (AvgIpc) is 3.00. The molecule has 1 N–H and O–H groups in total. The summed E-state index contributed by atoms with van der Waals surface area (Å²) in [4.78, 5) is 11.9. The number of hydrogen-bond acceptors (Lipinski definition) is 5. The van der Waals surface area contributed by atoms with Crippen molar-refractivity contribution in [1.29, 1.82) is 0 Å². The number of amides is 1. The molecule has 1 aliphatic rings. The van der Waals surface area contributed by atoms with E-state index in [9.17, 15) is 4.79 Å². The molecule has 1 aliphatic heterocycles. The second-order valence-electron chi connectivity index (χ2n) is 5.86. The molecular formula is C18H22N2O4. The summed E-state index contributed by atoms with van der Waals surface area (Å²) in [6, 6.07) is 7.84. The van der Waals surface area contributed by atoms with Crippen LogP contribution in [0.3, 0.4) is 0 Å². The zero-order valence-electron chi connectivity index (χ0n) is 13.8. The molecule has 0 atom stereocenters. The molecule has 1 aromatic carbocycles. The van der Waals surface area contributed by atoms with Gasteiger partial charge in [0, 0.05) is 25.5 Å². The largest absolute Gasteiger partial charge is 0.486 e. The van der Waals surface area contributed by atoms with Crippen molar-refractivity contribution >= 4 is 5.91 Å². The molecule has 128 valence electrons. The van der Waals surface area contributed by atoms with Crippen LogP contribution in [0.25, 0.3) is 0 Å². The van der Waals surface area contributed by atoms with Gasteiger partial charge < -0.3 is 19.3 Å². The van der Waals surface area contributed by atoms with Gasteiger partial charge in [0.2, 0.25) is 5.91 Å². The summed E-state index contributed by atoms with van der Waals surface area (Å²) in [6.07, 6.45) is 2.83. The van der Waals surface area contributed by atoms with Gasteiger partial charge in [-0.05, 0) is 37.5 Å². The maximum absolute atomic E-state index is 11.9. The Labute approximate surface area is 141 Å². The number of hydrogen-bond donors (Lipinski definition) is 1. The number of nitrogens with one attached hydrogen (secondary N) is 1. The molecule has 2 aromatic rings. The molecule has 1 amide bonds. The summed E-state index contributed by atoms with van der Waals surface area (Å²) in [5, 5.41) is 6.81. The fourth-order valence-electron chi connectivity index (χ4n) is 2.65. The van der Waals surface area contributed by atoms with Crippen LogP contribution in [-0.4, -0.2) is 30.8 Å². The SMILES string of the molecule is Cc1cc(CCNC(=O)CCCc2ccc3c(c2)OCCO3)no1. The normalized spacial score (nSPS) is 12.9. The van der Waals surface area contributed by atoms with Crippen molar-refractivity contribution in [1.82, 2.24) is 10.5 Å². The molecule has 24 heavy (non-hydrogen) atoms. The van der Waals surface area contributed by atoms with E-state index in [2.05, 4.69) is 10.5 Å². The molecule has 3 rings (SSSR count). The Kier molecular flexibility index (Phi) is 5.36. The van der Waals surface area contributed by atoms with Gasteiger partial charge in [0.25, 0.3) is 0 Å². The Bertz CT molecular complexity index is 696. The minimum absolute atomic E-state index is 0.0627. The molecule has 0 saturated carbocycles. The molecule has 0 radical (unpaired) electrons. The molecule has 1 aromatic heterocycles. The maximum Gasteiger partial charge on any atom is 0.220 e. The highest BCUT2D eigenvalue weighted by atomic mass is 16.6. The van der Waals surface area contributed by atoms with Crippen LogP contribution in [-0.2, 0) is 17.6 Å². The van der Waals surface area contributed by atoms with Crippen molar-refractivity contribution < 1.29 is 18.8 Å². The van der Waals surface area contributed by atoms with Crippen molar-refractivity contribution in [3.8, 4) is 11.5 Å². The van der Waals surface area contributed by atoms with Gasteiger partial charge in [0.15, 0.2) is 11.5 Å². The van der Waals surface area contributed by atoms with E-state index >= 15 is 0 Å². The summed E-state index contributed by atoms with van der Waals surface area (Å²) in [5.74, 6) is 2.44. The third-order valence-corrected chi connectivity index (χ3v) is 3.86. The fraction of sp³-hybridized carbons (Fsp3) is 0.444. The molecule has 2 heterocycles. The first-order chi connectivity index (χ1) is 11.7. The Hall–Kier alpha value is -2.50. The molecule has 0 aliphatic carbocycles. The minimum Gasteiger partial charge on any atom is -0.486 e. The second kappa shape index (κ2) is 7.86. The summed E-state index contributed by atoms with van der Waals surface area (Å²) in [7, 11) is 0. The van der Waals surface area contributed by atoms with E-state index in [4.69, 9.17) is 14.0 Å². The Morgan fingerprint density at radius 2 is 2.00 bits per heavy atom. The van der Waals surface area contributed by atoms with Crippen LogP contribution in [0.1, 0.15) is 29.9 Å². The van der Waals surface area contributed by atoms with Crippen LogP contribution in [0.2, 0.25) is 0 Å². The molecular weight excluding hydrogens is 308 g/mol. The summed E-state index contributed by atoms with van der Waals surface area (Å²) in [6.45, 7) is 3.62. The maximum atomic E-state index is 11.9. The van der Waals surface area contributed by atoms with Crippen molar-refractivity contribution in [3.05, 3.63) is 41.3 Å². The molecule has 0 spiro atoms. The Morgan fingerprint density at radius 1 is 1.17 bits per heavy atom. The van der Waals surface area contributed by atoms with Gasteiger partial charge in [-0.3, -0.25) is 4.79 Å². The average molecular weight is 330 g/mol. The number of rotatable bonds is 7. The number of aryl methyl sites for hydroxylation is 2. The van der Waals surface area contributed by atoms with Gasteiger partial charge >= 0.3 is 0 Å². The number of aromatic nitrogens is 1. The predicted octanol–water partition coefficient (Wildman–Crippen LogP) is 2.44. The summed E-state index contributed by atoms with van der Waals surface area (Å²) >= 11 is 0. The molecule has 0 unspecified atom stereocenters. The third-order valence-electron chi connectivity index (χ3n) is 3.86. The van der Waals surface area contributed by atoms with E-state index in [1.54, 1.807) is 0 Å². The second-order valence-corrected chi connectivity index (χ2v) is 5.86. The number of fused-ring (bicyclic) bond motifs is 1. The van der Waals surface area contributed by atoms with Crippen molar-refractivity contribution in [2.24, 2.45) is 0 Å². The van der Waals surface area contributed by atoms with E-state index in [-0.39, 0.29) is 5.91 Å². The summed E-state index contributed by atoms with van der Waals surface area (Å²) < 4.78 is 16.1. The van der Waals surface area contributed by atoms with E-state index in [0.29, 0.717) is 32.6 Å². The van der Waals surface area contributed by atoms with Gasteiger partial charge in [0.05, 0.1) is 5.69 Å². The number of carbonyl (C=O) groups is 1. The van der Waals surface area contributed by atoms with Crippen LogP contribution < -0.4 is 14.8 Å². The zero-order chi connectivity index (χ0) is 16.8. The van der Waals surface area contributed by atoms with Crippen molar-refractivity contribution in [2.75, 3.05) is 19.8 Å². The molecule has 0 bridgehead atoms. The lowest BCUT2D eigenvalue weighted by atomic mass is 10.1. The van der Waals surface area contributed by atoms with Crippen LogP contribution in [0.4, 0.5) is 0 Å². The van der Waals surface area contributed by atoms with Gasteiger partial charge in [-0.1, -0.05) is 11.2 Å². The monoisotopic (exact) mass is 330 g/mol. The molecule has 0 saturated heterocycles. The van der Waals surface area contributed by atoms with Crippen molar-refractivity contribution in [3.63, 3.8) is 0 Å². The lowest BCUT2D eigenvalue weighted by Crippen LogP contribution is -2.25. The first kappa shape index (κ1) is 16.4. The van der Waals surface area contributed by atoms with E-state index in [0.717, 1.165) is 41.4 Å². The van der Waals surface area contributed by atoms with Gasteiger partial charge in [-0.25, -0.2) is 0 Å². The molecule has 0 fully saturated rings. The van der Waals surface area contributed by atoms with Crippen LogP contribution in [0.5, 0.6) is 11.5 Å². The van der Waals surface area contributed by atoms with Gasteiger partial charge in [-0.15, -0.1) is 0 Å². The zero-order valence-corrected chi connectivity index (χ0v) is 13.8. The Balaban J connectivity index is 1.36. The van der Waals surface area contributed by atoms with E-state index in [1.165, 1.54) is 0 Å². The highest BCUT2D eigenvalue weighted by Crippen LogP contribution is 2.31. The Morgan fingerprint density at radius 3 is 2.79 bits per heavy atom. The van der Waals surface area contributed by atoms with E-state index < -0.39 is 0 Å². The third kappa shape index (κ3) is 4.50. The number of benzene rings is 1. The predicted molar refractivity (Wildman–Crippen MR) is 88.3 cm³/mol. The molecule has 6 nitrogen and oxygen atoms in total. The summed E-state index contributed by atoms with van der Waals surface area (Å²) in [5.41, 5.74) is 2.02. The number of nitrogens with zero attached hydrogens (tertiary/aromatic N) is 1. The quantitative estimate of drug-likeness (QED) is 0.844.